The summed E-state index contributed by atoms with van der Waals surface area (Å²) in [6.45, 7) is 9.32. The summed E-state index contributed by atoms with van der Waals surface area (Å²) in [5.41, 5.74) is 2.11. The van der Waals surface area contributed by atoms with Crippen molar-refractivity contribution in [1.82, 2.24) is 0 Å². The number of benzene rings is 2. The average molecular weight is 706 g/mol. The van der Waals surface area contributed by atoms with E-state index in [0.29, 0.717) is 32.7 Å². The van der Waals surface area contributed by atoms with E-state index in [-0.39, 0.29) is 24.1 Å². The second-order valence-electron chi connectivity index (χ2n) is 8.41. The van der Waals surface area contributed by atoms with Gasteiger partial charge in [-0.25, -0.2) is 0 Å². The lowest BCUT2D eigenvalue weighted by molar-refractivity contribution is -0.150. The Morgan fingerprint density at radius 1 is 0.800 bits per heavy atom. The molecule has 0 bridgehead atoms. The molecule has 2 atom stereocenters. The van der Waals surface area contributed by atoms with Crippen LogP contribution < -0.4 is 9.47 Å². The SMILES string of the molecule is CCCC(Cc1cc(I)c(OCC)c(I)c1)C(=O)CC(Cc1ccc(OCC)cc1)C(=O)OCC. The maximum atomic E-state index is 13.5. The molecule has 192 valence electrons. The Balaban J connectivity index is 2.18. The lowest BCUT2D eigenvalue weighted by Crippen LogP contribution is -2.27. The quantitative estimate of drug-likeness (QED) is 0.147. The van der Waals surface area contributed by atoms with E-state index >= 15 is 0 Å². The predicted octanol–water partition coefficient (Wildman–Crippen LogP) is 7.03. The van der Waals surface area contributed by atoms with Gasteiger partial charge in [0.1, 0.15) is 17.3 Å². The van der Waals surface area contributed by atoms with E-state index in [1.54, 1.807) is 6.92 Å². The zero-order valence-corrected chi connectivity index (χ0v) is 25.4. The number of carbonyl (C=O) groups excluding carboxylic acids is 2. The van der Waals surface area contributed by atoms with Gasteiger partial charge in [0.25, 0.3) is 0 Å². The summed E-state index contributed by atoms with van der Waals surface area (Å²) in [5.74, 6) is 0.864. The lowest BCUT2D eigenvalue weighted by atomic mass is 9.85. The van der Waals surface area contributed by atoms with Crippen molar-refractivity contribution in [3.8, 4) is 11.5 Å². The van der Waals surface area contributed by atoms with Crippen molar-refractivity contribution in [3.05, 3.63) is 54.7 Å². The van der Waals surface area contributed by atoms with Crippen LogP contribution in [0.4, 0.5) is 0 Å². The van der Waals surface area contributed by atoms with Crippen molar-refractivity contribution in [2.45, 2.75) is 59.8 Å². The predicted molar refractivity (Wildman–Crippen MR) is 156 cm³/mol. The van der Waals surface area contributed by atoms with Crippen molar-refractivity contribution < 1.29 is 23.8 Å². The molecule has 0 saturated heterocycles. The van der Waals surface area contributed by atoms with Gasteiger partial charge in [0.2, 0.25) is 0 Å². The summed E-state index contributed by atoms with van der Waals surface area (Å²) >= 11 is 4.59. The minimum absolute atomic E-state index is 0.120. The molecule has 0 saturated carbocycles. The van der Waals surface area contributed by atoms with Crippen LogP contribution in [0.5, 0.6) is 11.5 Å². The number of hydrogen-bond donors (Lipinski definition) is 0. The first kappa shape index (κ1) is 29.9. The van der Waals surface area contributed by atoms with Gasteiger partial charge in [-0.1, -0.05) is 25.5 Å². The fourth-order valence-electron chi connectivity index (χ4n) is 4.10. The largest absolute Gasteiger partial charge is 0.494 e. The Hall–Kier alpha value is -1.36. The van der Waals surface area contributed by atoms with Crippen LogP contribution >= 0.6 is 45.2 Å². The number of esters is 1. The minimum atomic E-state index is -0.500. The molecule has 7 heteroatoms. The molecule has 0 heterocycles. The van der Waals surface area contributed by atoms with Gasteiger partial charge >= 0.3 is 5.97 Å². The second-order valence-corrected chi connectivity index (χ2v) is 10.7. The standard InChI is InChI=1S/C28H36I2O5/c1-5-9-21(15-20-16-24(29)27(34-7-3)25(30)17-20)26(31)18-22(28(32)35-8-4)14-19-10-12-23(13-11-19)33-6-2/h10-13,16-17,21-22H,5-9,14-15,18H2,1-4H3. The van der Waals surface area contributed by atoms with Crippen molar-refractivity contribution in [2.24, 2.45) is 11.8 Å². The molecule has 0 aliphatic rings. The van der Waals surface area contributed by atoms with E-state index in [4.69, 9.17) is 14.2 Å². The molecule has 0 spiro atoms. The highest BCUT2D eigenvalue weighted by molar-refractivity contribution is 14.1. The van der Waals surface area contributed by atoms with E-state index in [1.807, 2.05) is 38.1 Å². The van der Waals surface area contributed by atoms with E-state index < -0.39 is 5.92 Å². The first-order chi connectivity index (χ1) is 16.8. The van der Waals surface area contributed by atoms with Gasteiger partial charge in [0.15, 0.2) is 0 Å². The maximum absolute atomic E-state index is 13.5. The fourth-order valence-corrected chi connectivity index (χ4v) is 6.31. The summed E-state index contributed by atoms with van der Waals surface area (Å²) in [4.78, 5) is 26.2. The van der Waals surface area contributed by atoms with Crippen LogP contribution in [0.15, 0.2) is 36.4 Å². The van der Waals surface area contributed by atoms with Gasteiger partial charge < -0.3 is 14.2 Å². The van der Waals surface area contributed by atoms with Gasteiger partial charge in [-0.2, -0.15) is 0 Å². The maximum Gasteiger partial charge on any atom is 0.309 e. The molecule has 35 heavy (non-hydrogen) atoms. The number of carbonyl (C=O) groups is 2. The van der Waals surface area contributed by atoms with Crippen LogP contribution in [0, 0.1) is 19.0 Å². The van der Waals surface area contributed by atoms with Crippen LogP contribution in [-0.2, 0) is 27.2 Å². The zero-order chi connectivity index (χ0) is 25.8. The van der Waals surface area contributed by atoms with Gasteiger partial charge in [0, 0.05) is 12.3 Å². The molecule has 2 rings (SSSR count). The van der Waals surface area contributed by atoms with Crippen LogP contribution in [0.3, 0.4) is 0 Å². The van der Waals surface area contributed by atoms with E-state index in [0.717, 1.165) is 42.6 Å². The number of hydrogen-bond acceptors (Lipinski definition) is 5. The number of halogens is 2. The molecule has 2 aromatic rings. The van der Waals surface area contributed by atoms with Crippen molar-refractivity contribution in [2.75, 3.05) is 19.8 Å². The van der Waals surface area contributed by atoms with Crippen molar-refractivity contribution in [3.63, 3.8) is 0 Å². The third-order valence-electron chi connectivity index (χ3n) is 5.71. The number of ketones is 1. The fraction of sp³-hybridized carbons (Fsp3) is 0.500. The van der Waals surface area contributed by atoms with Gasteiger partial charge in [-0.3, -0.25) is 9.59 Å². The third-order valence-corrected chi connectivity index (χ3v) is 7.31. The highest BCUT2D eigenvalue weighted by Crippen LogP contribution is 2.31. The minimum Gasteiger partial charge on any atom is -0.494 e. The summed E-state index contributed by atoms with van der Waals surface area (Å²) in [6.07, 6.45) is 3.00. The number of ether oxygens (including phenoxy) is 3. The van der Waals surface area contributed by atoms with E-state index in [9.17, 15) is 9.59 Å². The smallest absolute Gasteiger partial charge is 0.309 e. The Labute approximate surface area is 237 Å². The van der Waals surface area contributed by atoms with Gasteiger partial charge in [0.05, 0.1) is 32.9 Å². The van der Waals surface area contributed by atoms with Crippen LogP contribution in [-0.4, -0.2) is 31.6 Å². The lowest BCUT2D eigenvalue weighted by Gasteiger charge is -2.20. The molecular formula is C28H36I2O5. The van der Waals surface area contributed by atoms with Crippen LogP contribution in [0.25, 0.3) is 0 Å². The number of rotatable bonds is 15. The molecule has 0 N–H and O–H groups in total. The first-order valence-corrected chi connectivity index (χ1v) is 14.5. The molecular weight excluding hydrogens is 670 g/mol. The normalized spacial score (nSPS) is 12.6. The summed E-state index contributed by atoms with van der Waals surface area (Å²) in [6, 6.07) is 11.9. The highest BCUT2D eigenvalue weighted by atomic mass is 127. The summed E-state index contributed by atoms with van der Waals surface area (Å²) in [5, 5.41) is 0. The molecule has 2 aromatic carbocycles. The Morgan fingerprint density at radius 3 is 1.94 bits per heavy atom. The summed E-state index contributed by atoms with van der Waals surface area (Å²) in [7, 11) is 0. The Bertz CT molecular complexity index is 935. The van der Waals surface area contributed by atoms with Crippen molar-refractivity contribution >= 4 is 56.9 Å². The topological polar surface area (TPSA) is 61.8 Å². The molecule has 5 nitrogen and oxygen atoms in total. The highest BCUT2D eigenvalue weighted by Gasteiger charge is 2.28. The van der Waals surface area contributed by atoms with Crippen LogP contribution in [0.2, 0.25) is 0 Å². The molecule has 0 radical (unpaired) electrons. The molecule has 0 aromatic heterocycles. The van der Waals surface area contributed by atoms with E-state index in [2.05, 4.69) is 64.2 Å². The number of Topliss-reactive ketones (excluding diaryl/α,β-unsaturated/α-hetero) is 1. The van der Waals surface area contributed by atoms with Gasteiger partial charge in [-0.15, -0.1) is 0 Å². The molecule has 2 unspecified atom stereocenters. The average Bonchev–Trinajstić information content (AvgIpc) is 2.82. The molecule has 0 amide bonds. The first-order valence-electron chi connectivity index (χ1n) is 12.3. The Morgan fingerprint density at radius 2 is 1.40 bits per heavy atom. The zero-order valence-electron chi connectivity index (χ0n) is 21.1. The monoisotopic (exact) mass is 706 g/mol. The van der Waals surface area contributed by atoms with Crippen molar-refractivity contribution in [1.29, 1.82) is 0 Å². The molecule has 0 aliphatic carbocycles. The van der Waals surface area contributed by atoms with Crippen LogP contribution in [0.1, 0.15) is 58.1 Å². The van der Waals surface area contributed by atoms with E-state index in [1.165, 1.54) is 0 Å². The molecule has 0 aliphatic heterocycles. The summed E-state index contributed by atoms with van der Waals surface area (Å²) < 4.78 is 18.7. The Kier molecular flexibility index (Phi) is 13.4. The third kappa shape index (κ3) is 9.55. The second kappa shape index (κ2) is 15.7. The molecule has 0 fully saturated rings. The van der Waals surface area contributed by atoms with Gasteiger partial charge in [-0.05, 0) is 121 Å².